The van der Waals surface area contributed by atoms with Crippen molar-refractivity contribution in [2.45, 2.75) is 25.6 Å². The van der Waals surface area contributed by atoms with Gasteiger partial charge in [-0.25, -0.2) is 9.97 Å². The van der Waals surface area contributed by atoms with Crippen LogP contribution < -0.4 is 0 Å². The number of amides is 1. The Balaban J connectivity index is 1.65. The molecule has 3 rings (SSSR count). The first kappa shape index (κ1) is 17.9. The van der Waals surface area contributed by atoms with Crippen LogP contribution in [-0.4, -0.2) is 38.9 Å². The number of nitrogens with zero attached hydrogens (tertiary/aromatic N) is 5. The monoisotopic (exact) mass is 363 g/mol. The second-order valence-electron chi connectivity index (χ2n) is 6.33. The third-order valence-electron chi connectivity index (χ3n) is 4.37. The molecule has 0 bridgehead atoms. The Labute approximate surface area is 147 Å². The summed E-state index contributed by atoms with van der Waals surface area (Å²) in [6, 6.07) is 4.94. The minimum absolute atomic E-state index is 0.0325. The van der Waals surface area contributed by atoms with E-state index in [1.54, 1.807) is 7.05 Å². The number of nitriles is 1. The Morgan fingerprint density at radius 3 is 2.85 bits per heavy atom. The predicted octanol–water partition coefficient (Wildman–Crippen LogP) is 2.50. The number of fused-ring (bicyclic) bond motifs is 1. The summed E-state index contributed by atoms with van der Waals surface area (Å²) in [4.78, 5) is 21.5. The first-order valence-corrected chi connectivity index (χ1v) is 8.03. The summed E-state index contributed by atoms with van der Waals surface area (Å²) < 4.78 is 39.8. The molecule has 2 aromatic rings. The highest BCUT2D eigenvalue weighted by molar-refractivity contribution is 5.92. The minimum atomic E-state index is -4.45. The third kappa shape index (κ3) is 3.69. The highest BCUT2D eigenvalue weighted by Gasteiger charge is 2.36. The Morgan fingerprint density at radius 1 is 1.46 bits per heavy atom. The fraction of sp³-hybridized carbons (Fsp3) is 0.412. The molecule has 0 saturated heterocycles. The molecular weight excluding hydrogens is 347 g/mol. The van der Waals surface area contributed by atoms with Crippen molar-refractivity contribution in [1.82, 2.24) is 19.4 Å². The molecule has 3 heterocycles. The van der Waals surface area contributed by atoms with E-state index >= 15 is 0 Å². The Morgan fingerprint density at radius 2 is 2.23 bits per heavy atom. The number of rotatable bonds is 3. The van der Waals surface area contributed by atoms with Crippen LogP contribution in [0.1, 0.15) is 34.0 Å². The van der Waals surface area contributed by atoms with Crippen molar-refractivity contribution in [3.8, 4) is 6.07 Å². The largest absolute Gasteiger partial charge is 0.434 e. The molecule has 136 valence electrons. The zero-order chi connectivity index (χ0) is 18.9. The van der Waals surface area contributed by atoms with E-state index in [4.69, 9.17) is 5.26 Å². The average molecular weight is 363 g/mol. The molecule has 6 nitrogen and oxygen atoms in total. The van der Waals surface area contributed by atoms with E-state index < -0.39 is 11.9 Å². The van der Waals surface area contributed by atoms with E-state index in [1.165, 1.54) is 27.8 Å². The van der Waals surface area contributed by atoms with Crippen LogP contribution in [0.3, 0.4) is 0 Å². The highest BCUT2D eigenvalue weighted by Crippen LogP contribution is 2.30. The Hall–Kier alpha value is -2.89. The minimum Gasteiger partial charge on any atom is -0.340 e. The summed E-state index contributed by atoms with van der Waals surface area (Å²) in [5, 5.41) is 8.76. The lowest BCUT2D eigenvalue weighted by Gasteiger charge is -2.28. The van der Waals surface area contributed by atoms with Gasteiger partial charge in [-0.1, -0.05) is 0 Å². The SMILES string of the molecule is CN(C[C@@H]1CCc2nc(C(F)(F)F)cn2C1)C(=O)c1ccc(C#N)cn1. The van der Waals surface area contributed by atoms with E-state index in [0.717, 1.165) is 6.20 Å². The standard InChI is InChI=1S/C17H16F3N5O/c1-24(16(26)13-4-2-11(6-21)7-22-13)8-12-3-5-15-23-14(17(18,19)20)10-25(15)9-12/h2,4,7,10,12H,3,5,8-9H2,1H3/t12-/m0/s1. The van der Waals surface area contributed by atoms with Crippen molar-refractivity contribution in [1.29, 1.82) is 5.26 Å². The molecule has 0 radical (unpaired) electrons. The second kappa shape index (κ2) is 6.78. The number of aromatic nitrogens is 3. The topological polar surface area (TPSA) is 74.8 Å². The maximum Gasteiger partial charge on any atom is 0.434 e. The van der Waals surface area contributed by atoms with Crippen LogP contribution in [0.25, 0.3) is 0 Å². The van der Waals surface area contributed by atoms with Crippen LogP contribution in [0.2, 0.25) is 0 Å². The predicted molar refractivity (Wildman–Crippen MR) is 85.0 cm³/mol. The van der Waals surface area contributed by atoms with Crippen LogP contribution in [0.5, 0.6) is 0 Å². The van der Waals surface area contributed by atoms with Crippen molar-refractivity contribution in [3.05, 3.63) is 47.3 Å². The van der Waals surface area contributed by atoms with Gasteiger partial charge in [0.25, 0.3) is 5.91 Å². The summed E-state index contributed by atoms with van der Waals surface area (Å²) in [6.45, 7) is 0.788. The van der Waals surface area contributed by atoms with Crippen LogP contribution in [-0.2, 0) is 19.1 Å². The number of carbonyl (C=O) groups excluding carboxylic acids is 1. The van der Waals surface area contributed by atoms with Crippen molar-refractivity contribution < 1.29 is 18.0 Å². The van der Waals surface area contributed by atoms with Crippen molar-refractivity contribution in [2.75, 3.05) is 13.6 Å². The van der Waals surface area contributed by atoms with Gasteiger partial charge in [-0.15, -0.1) is 0 Å². The molecule has 0 N–H and O–H groups in total. The van der Waals surface area contributed by atoms with E-state index in [-0.39, 0.29) is 17.5 Å². The van der Waals surface area contributed by atoms with Gasteiger partial charge in [0.05, 0.1) is 5.56 Å². The average Bonchev–Trinajstić information content (AvgIpc) is 3.05. The number of imidazole rings is 1. The summed E-state index contributed by atoms with van der Waals surface area (Å²) in [5.74, 6) is 0.170. The number of halogens is 3. The molecule has 0 spiro atoms. The molecule has 1 aliphatic rings. The van der Waals surface area contributed by atoms with Crippen LogP contribution in [0.15, 0.2) is 24.5 Å². The number of alkyl halides is 3. The second-order valence-corrected chi connectivity index (χ2v) is 6.33. The molecule has 1 atom stereocenters. The highest BCUT2D eigenvalue weighted by atomic mass is 19.4. The van der Waals surface area contributed by atoms with Gasteiger partial charge in [-0.2, -0.15) is 18.4 Å². The number of aryl methyl sites for hydroxylation is 1. The third-order valence-corrected chi connectivity index (χ3v) is 4.37. The summed E-state index contributed by atoms with van der Waals surface area (Å²) in [7, 11) is 1.63. The van der Waals surface area contributed by atoms with Crippen molar-refractivity contribution >= 4 is 5.91 Å². The van der Waals surface area contributed by atoms with E-state index in [9.17, 15) is 18.0 Å². The zero-order valence-electron chi connectivity index (χ0n) is 14.0. The lowest BCUT2D eigenvalue weighted by Crippen LogP contribution is -2.35. The maximum absolute atomic E-state index is 12.8. The number of pyridine rings is 1. The lowest BCUT2D eigenvalue weighted by atomic mass is 9.99. The quantitative estimate of drug-likeness (QED) is 0.840. The zero-order valence-corrected chi connectivity index (χ0v) is 14.0. The molecule has 9 heteroatoms. The normalized spacial score (nSPS) is 16.7. The summed E-state index contributed by atoms with van der Waals surface area (Å²) in [6.07, 6.45) is -0.984. The lowest BCUT2D eigenvalue weighted by molar-refractivity contribution is -0.141. The molecule has 0 fully saturated rings. The molecule has 0 aliphatic carbocycles. The van der Waals surface area contributed by atoms with Gasteiger partial charge in [0.2, 0.25) is 0 Å². The molecule has 1 aliphatic heterocycles. The summed E-state index contributed by atoms with van der Waals surface area (Å²) in [5.41, 5.74) is -0.283. The molecule has 0 saturated carbocycles. The molecule has 26 heavy (non-hydrogen) atoms. The van der Waals surface area contributed by atoms with Gasteiger partial charge < -0.3 is 9.47 Å². The number of hydrogen-bond acceptors (Lipinski definition) is 4. The van der Waals surface area contributed by atoms with Gasteiger partial charge in [-0.3, -0.25) is 4.79 Å². The van der Waals surface area contributed by atoms with Gasteiger partial charge in [0, 0.05) is 39.0 Å². The molecule has 0 unspecified atom stereocenters. The van der Waals surface area contributed by atoms with Crippen molar-refractivity contribution in [2.24, 2.45) is 5.92 Å². The van der Waals surface area contributed by atoms with E-state index in [2.05, 4.69) is 9.97 Å². The molecule has 1 amide bonds. The van der Waals surface area contributed by atoms with Crippen LogP contribution in [0.4, 0.5) is 13.2 Å². The Kier molecular flexibility index (Phi) is 4.68. The number of carbonyl (C=O) groups is 1. The first-order chi connectivity index (χ1) is 12.3. The smallest absolute Gasteiger partial charge is 0.340 e. The molecule has 0 aromatic carbocycles. The van der Waals surface area contributed by atoms with Gasteiger partial charge in [0.1, 0.15) is 17.6 Å². The van der Waals surface area contributed by atoms with Gasteiger partial charge >= 0.3 is 6.18 Å². The molecule has 2 aromatic heterocycles. The van der Waals surface area contributed by atoms with Crippen LogP contribution >= 0.6 is 0 Å². The van der Waals surface area contributed by atoms with E-state index in [1.807, 2.05) is 6.07 Å². The van der Waals surface area contributed by atoms with Crippen molar-refractivity contribution in [3.63, 3.8) is 0 Å². The first-order valence-electron chi connectivity index (χ1n) is 8.03. The van der Waals surface area contributed by atoms with Crippen LogP contribution in [0, 0.1) is 17.2 Å². The van der Waals surface area contributed by atoms with Gasteiger partial charge in [0.15, 0.2) is 5.69 Å². The fourth-order valence-corrected chi connectivity index (χ4v) is 3.05. The summed E-state index contributed by atoms with van der Waals surface area (Å²) >= 11 is 0. The molecular formula is C17H16F3N5O. The van der Waals surface area contributed by atoms with Gasteiger partial charge in [-0.05, 0) is 24.5 Å². The Bertz CT molecular complexity index is 851. The maximum atomic E-state index is 12.8. The van der Waals surface area contributed by atoms with E-state index in [0.29, 0.717) is 37.3 Å². The number of hydrogen-bond donors (Lipinski definition) is 0. The fourth-order valence-electron chi connectivity index (χ4n) is 3.05.